The van der Waals surface area contributed by atoms with Crippen molar-refractivity contribution >= 4 is 15.9 Å². The molecule has 1 saturated heterocycles. The van der Waals surface area contributed by atoms with Gasteiger partial charge < -0.3 is 4.90 Å². The summed E-state index contributed by atoms with van der Waals surface area (Å²) in [6.07, 6.45) is 10.2. The van der Waals surface area contributed by atoms with Crippen LogP contribution in [-0.2, 0) is 4.79 Å². The zero-order chi connectivity index (χ0) is 10.9. The fourth-order valence-electron chi connectivity index (χ4n) is 2.20. The molecule has 1 aliphatic heterocycles. The van der Waals surface area contributed by atoms with Crippen molar-refractivity contribution in [3.05, 3.63) is 11.6 Å². The molecule has 1 amide bonds. The van der Waals surface area contributed by atoms with Gasteiger partial charge in [-0.3, -0.25) is 4.79 Å². The molecule has 1 fully saturated rings. The number of hydrogen-bond donors (Lipinski definition) is 0. The number of allylic oxidation sites excluding steroid dienone is 1. The molecule has 2 aliphatic rings. The molecule has 0 saturated carbocycles. The highest BCUT2D eigenvalue weighted by atomic mass is 32.3. The van der Waals surface area contributed by atoms with Crippen LogP contribution in [0.15, 0.2) is 11.6 Å². The van der Waals surface area contributed by atoms with Crippen LogP contribution in [0.3, 0.4) is 0 Å². The Morgan fingerprint density at radius 2 is 2.00 bits per heavy atom. The summed E-state index contributed by atoms with van der Waals surface area (Å²) in [5, 5.41) is 0. The van der Waals surface area contributed by atoms with E-state index in [-0.39, 0.29) is 10.0 Å². The molecular weight excluding hydrogens is 206 g/mol. The van der Waals surface area contributed by atoms with Gasteiger partial charge in [-0.05, 0) is 43.3 Å². The maximum atomic E-state index is 12.1. The van der Waals surface area contributed by atoms with Crippen LogP contribution >= 0.6 is 10.0 Å². The molecule has 3 heteroatoms. The lowest BCUT2D eigenvalue weighted by Gasteiger charge is -2.41. The normalized spacial score (nSPS) is 27.3. The highest BCUT2D eigenvalue weighted by Gasteiger charge is 2.26. The van der Waals surface area contributed by atoms with Crippen molar-refractivity contribution in [3.63, 3.8) is 0 Å². The van der Waals surface area contributed by atoms with E-state index in [1.54, 1.807) is 0 Å². The van der Waals surface area contributed by atoms with Crippen LogP contribution in [0.5, 0.6) is 0 Å². The van der Waals surface area contributed by atoms with Gasteiger partial charge in [-0.2, -0.15) is 0 Å². The van der Waals surface area contributed by atoms with E-state index in [0.717, 1.165) is 31.5 Å². The van der Waals surface area contributed by atoms with Crippen LogP contribution in [0, 0.1) is 0 Å². The largest absolute Gasteiger partial charge is 0.337 e. The van der Waals surface area contributed by atoms with Gasteiger partial charge in [0.1, 0.15) is 0 Å². The van der Waals surface area contributed by atoms with Crippen LogP contribution < -0.4 is 0 Å². The van der Waals surface area contributed by atoms with E-state index in [9.17, 15) is 4.79 Å². The molecular formula is C12H21NOS. The molecule has 0 aromatic carbocycles. The summed E-state index contributed by atoms with van der Waals surface area (Å²) in [5.41, 5.74) is 1.07. The summed E-state index contributed by atoms with van der Waals surface area (Å²) in [6, 6.07) is 0. The Morgan fingerprint density at radius 1 is 1.33 bits per heavy atom. The summed E-state index contributed by atoms with van der Waals surface area (Å²) < 4.78 is 0. The lowest BCUT2D eigenvalue weighted by atomic mass is 10.2. The van der Waals surface area contributed by atoms with E-state index in [0.29, 0.717) is 5.91 Å². The Hall–Kier alpha value is -0.440. The maximum absolute atomic E-state index is 12.1. The highest BCUT2D eigenvalue weighted by Crippen LogP contribution is 2.41. The van der Waals surface area contributed by atoms with Gasteiger partial charge in [-0.25, -0.2) is 10.0 Å². The molecule has 2 nitrogen and oxygen atoms in total. The third-order valence-corrected chi connectivity index (χ3v) is 6.01. The number of carbonyl (C=O) groups is 1. The zero-order valence-corrected chi connectivity index (χ0v) is 10.6. The Morgan fingerprint density at radius 3 is 2.53 bits per heavy atom. The Kier molecular flexibility index (Phi) is 3.10. The molecule has 0 radical (unpaired) electrons. The first-order valence-corrected chi connectivity index (χ1v) is 8.54. The molecule has 0 aromatic rings. The monoisotopic (exact) mass is 227 g/mol. The second-order valence-electron chi connectivity index (χ2n) is 5.09. The van der Waals surface area contributed by atoms with Crippen LogP contribution in [0.25, 0.3) is 0 Å². The lowest BCUT2D eigenvalue weighted by molar-refractivity contribution is -0.126. The molecule has 1 heterocycles. The summed E-state index contributed by atoms with van der Waals surface area (Å²) >= 11 is 0. The molecule has 0 spiro atoms. The van der Waals surface area contributed by atoms with Gasteiger partial charge in [0.2, 0.25) is 5.91 Å². The lowest BCUT2D eigenvalue weighted by Crippen LogP contribution is -2.42. The topological polar surface area (TPSA) is 20.3 Å². The van der Waals surface area contributed by atoms with Crippen molar-refractivity contribution in [2.45, 2.75) is 19.3 Å². The van der Waals surface area contributed by atoms with Crippen molar-refractivity contribution in [2.75, 3.05) is 37.1 Å². The van der Waals surface area contributed by atoms with E-state index in [1.807, 2.05) is 0 Å². The molecule has 0 bridgehead atoms. The summed E-state index contributed by atoms with van der Waals surface area (Å²) in [4.78, 5) is 14.1. The van der Waals surface area contributed by atoms with Gasteiger partial charge in [-0.15, -0.1) is 0 Å². The minimum absolute atomic E-state index is 0.322. The molecule has 0 unspecified atom stereocenters. The first-order chi connectivity index (χ1) is 7.08. The minimum atomic E-state index is -0.386. The molecule has 0 aromatic heterocycles. The molecule has 1 aliphatic carbocycles. The maximum Gasteiger partial charge on any atom is 0.249 e. The summed E-state index contributed by atoms with van der Waals surface area (Å²) in [7, 11) is -0.386. The number of amides is 1. The number of hydrogen-bond acceptors (Lipinski definition) is 1. The van der Waals surface area contributed by atoms with Crippen LogP contribution in [0.2, 0.25) is 0 Å². The average Bonchev–Trinajstić information content (AvgIpc) is 2.69. The van der Waals surface area contributed by atoms with Crippen LogP contribution in [0.1, 0.15) is 19.3 Å². The summed E-state index contributed by atoms with van der Waals surface area (Å²) in [5.74, 6) is 2.78. The number of nitrogens with zero attached hydrogens (tertiary/aromatic N) is 1. The van der Waals surface area contributed by atoms with Gasteiger partial charge >= 0.3 is 0 Å². The standard InChI is InChI=1S/C12H21NOS/c1-15(2)9-7-13(8-10-15)12(14)11-5-3-4-6-11/h5H,3-4,6-10H2,1-2H3. The first kappa shape index (κ1) is 11.1. The first-order valence-electron chi connectivity index (χ1n) is 5.75. The van der Waals surface area contributed by atoms with Gasteiger partial charge in [0.05, 0.1) is 0 Å². The molecule has 0 N–H and O–H groups in total. The van der Waals surface area contributed by atoms with E-state index in [2.05, 4.69) is 23.5 Å². The van der Waals surface area contributed by atoms with Crippen molar-refractivity contribution in [1.29, 1.82) is 0 Å². The Bertz CT molecular complexity index is 286. The van der Waals surface area contributed by atoms with E-state index in [4.69, 9.17) is 0 Å². The smallest absolute Gasteiger partial charge is 0.249 e. The second kappa shape index (κ2) is 4.20. The molecule has 2 rings (SSSR count). The highest BCUT2D eigenvalue weighted by molar-refractivity contribution is 8.32. The van der Waals surface area contributed by atoms with E-state index in [1.165, 1.54) is 17.9 Å². The van der Waals surface area contributed by atoms with E-state index < -0.39 is 0 Å². The molecule has 15 heavy (non-hydrogen) atoms. The fraction of sp³-hybridized carbons (Fsp3) is 0.750. The van der Waals surface area contributed by atoms with Crippen LogP contribution in [-0.4, -0.2) is 47.9 Å². The minimum Gasteiger partial charge on any atom is -0.337 e. The predicted octanol–water partition coefficient (Wildman–Crippen LogP) is 2.00. The summed E-state index contributed by atoms with van der Waals surface area (Å²) in [6.45, 7) is 1.97. The SMILES string of the molecule is CS1(C)CCN(C(=O)C2=CCCC2)CC1. The van der Waals surface area contributed by atoms with Gasteiger partial charge in [-0.1, -0.05) is 6.08 Å². The Labute approximate surface area is 94.0 Å². The zero-order valence-electron chi connectivity index (χ0n) is 9.79. The van der Waals surface area contributed by atoms with Crippen LogP contribution in [0.4, 0.5) is 0 Å². The number of rotatable bonds is 1. The van der Waals surface area contributed by atoms with Gasteiger partial charge in [0.25, 0.3) is 0 Å². The quantitative estimate of drug-likeness (QED) is 0.671. The second-order valence-corrected chi connectivity index (χ2v) is 9.44. The fourth-order valence-corrected chi connectivity index (χ4v) is 3.83. The number of carbonyl (C=O) groups excluding carboxylic acids is 1. The average molecular weight is 227 g/mol. The van der Waals surface area contributed by atoms with Crippen molar-refractivity contribution < 1.29 is 4.79 Å². The van der Waals surface area contributed by atoms with E-state index >= 15 is 0 Å². The third-order valence-electron chi connectivity index (χ3n) is 3.43. The molecule has 0 atom stereocenters. The third kappa shape index (κ3) is 2.57. The van der Waals surface area contributed by atoms with Gasteiger partial charge in [0.15, 0.2) is 0 Å². The van der Waals surface area contributed by atoms with Crippen molar-refractivity contribution in [3.8, 4) is 0 Å². The predicted molar refractivity (Wildman–Crippen MR) is 67.7 cm³/mol. The van der Waals surface area contributed by atoms with Crippen molar-refractivity contribution in [2.24, 2.45) is 0 Å². The van der Waals surface area contributed by atoms with Crippen molar-refractivity contribution in [1.82, 2.24) is 4.90 Å². The van der Waals surface area contributed by atoms with Gasteiger partial charge in [0, 0.05) is 18.7 Å². The Balaban J connectivity index is 1.93. The molecule has 86 valence electrons.